The summed E-state index contributed by atoms with van der Waals surface area (Å²) in [5.74, 6) is 2.29. The molecule has 1 aliphatic rings. The third kappa shape index (κ3) is 3.58. The first-order valence-electron chi connectivity index (χ1n) is 8.57. The second kappa shape index (κ2) is 6.98. The van der Waals surface area contributed by atoms with E-state index < -0.39 is 0 Å². The Bertz CT molecular complexity index is 539. The Morgan fingerprint density at radius 1 is 0.952 bits per heavy atom. The molecule has 0 unspecified atom stereocenters. The zero-order chi connectivity index (χ0) is 14.5. The van der Waals surface area contributed by atoms with Crippen molar-refractivity contribution in [3.8, 4) is 11.3 Å². The highest BCUT2D eigenvalue weighted by atomic mass is 16.3. The summed E-state index contributed by atoms with van der Waals surface area (Å²) >= 11 is 0. The van der Waals surface area contributed by atoms with Gasteiger partial charge >= 0.3 is 0 Å². The largest absolute Gasteiger partial charge is 0.461 e. The monoisotopic (exact) mass is 282 g/mol. The Balaban J connectivity index is 1.72. The van der Waals surface area contributed by atoms with Crippen molar-refractivity contribution < 1.29 is 4.42 Å². The van der Waals surface area contributed by atoms with Gasteiger partial charge in [0, 0.05) is 12.0 Å². The van der Waals surface area contributed by atoms with E-state index in [2.05, 4.69) is 37.3 Å². The van der Waals surface area contributed by atoms with Crippen LogP contribution in [0.15, 0.2) is 34.7 Å². The molecule has 0 radical (unpaired) electrons. The number of unbranched alkanes of at least 4 members (excludes halogenated alkanes) is 2. The number of fused-ring (bicyclic) bond motifs is 1. The molecule has 1 aromatic heterocycles. The number of furan rings is 1. The lowest BCUT2D eigenvalue weighted by Crippen LogP contribution is -1.85. The molecule has 1 nitrogen and oxygen atoms in total. The summed E-state index contributed by atoms with van der Waals surface area (Å²) < 4.78 is 6.11. The quantitative estimate of drug-likeness (QED) is 0.488. The van der Waals surface area contributed by atoms with Gasteiger partial charge in [-0.05, 0) is 49.3 Å². The first-order valence-corrected chi connectivity index (χ1v) is 8.57. The number of rotatable bonds is 5. The van der Waals surface area contributed by atoms with Gasteiger partial charge in [0.25, 0.3) is 0 Å². The lowest BCUT2D eigenvalue weighted by molar-refractivity contribution is 0.513. The van der Waals surface area contributed by atoms with Crippen LogP contribution in [0.25, 0.3) is 11.3 Å². The van der Waals surface area contributed by atoms with Crippen molar-refractivity contribution in [2.45, 2.75) is 64.7 Å². The molecule has 2 aromatic rings. The van der Waals surface area contributed by atoms with Gasteiger partial charge in [-0.15, -0.1) is 0 Å². The van der Waals surface area contributed by atoms with Crippen LogP contribution in [-0.4, -0.2) is 0 Å². The highest BCUT2D eigenvalue weighted by molar-refractivity contribution is 5.59. The van der Waals surface area contributed by atoms with Gasteiger partial charge in [-0.2, -0.15) is 0 Å². The highest BCUT2D eigenvalue weighted by Crippen LogP contribution is 2.30. The molecule has 0 aliphatic heterocycles. The van der Waals surface area contributed by atoms with Gasteiger partial charge in [0.05, 0.1) is 0 Å². The second-order valence-electron chi connectivity index (χ2n) is 6.27. The molecule has 0 saturated heterocycles. The Morgan fingerprint density at radius 3 is 2.57 bits per heavy atom. The van der Waals surface area contributed by atoms with Crippen LogP contribution in [0.2, 0.25) is 0 Å². The molecule has 1 heterocycles. The van der Waals surface area contributed by atoms with E-state index in [1.165, 1.54) is 73.8 Å². The van der Waals surface area contributed by atoms with Crippen LogP contribution in [-0.2, 0) is 19.3 Å². The summed E-state index contributed by atoms with van der Waals surface area (Å²) in [5.41, 5.74) is 4.11. The maximum atomic E-state index is 6.11. The zero-order valence-corrected chi connectivity index (χ0v) is 13.2. The fourth-order valence-electron chi connectivity index (χ4n) is 3.22. The summed E-state index contributed by atoms with van der Waals surface area (Å²) in [4.78, 5) is 0. The van der Waals surface area contributed by atoms with Crippen LogP contribution >= 0.6 is 0 Å². The third-order valence-corrected chi connectivity index (χ3v) is 4.55. The summed E-state index contributed by atoms with van der Waals surface area (Å²) in [6, 6.07) is 11.2. The van der Waals surface area contributed by atoms with Crippen LogP contribution < -0.4 is 0 Å². The first kappa shape index (κ1) is 14.4. The predicted octanol–water partition coefficient (Wildman–Crippen LogP) is 5.95. The standard InChI is InChI=1S/C20H26O/c1-2-3-5-8-16-11-13-17(14-12-16)20-15-18-9-6-4-7-10-19(18)21-20/h11-15H,2-10H2,1H3. The number of benzene rings is 1. The molecular weight excluding hydrogens is 256 g/mol. The van der Waals surface area contributed by atoms with Crippen LogP contribution in [0, 0.1) is 0 Å². The van der Waals surface area contributed by atoms with E-state index in [1.807, 2.05) is 0 Å². The summed E-state index contributed by atoms with van der Waals surface area (Å²) in [6.45, 7) is 2.25. The Labute approximate surface area is 128 Å². The lowest BCUT2D eigenvalue weighted by atomic mass is 10.0. The van der Waals surface area contributed by atoms with Crippen molar-refractivity contribution in [2.75, 3.05) is 0 Å². The number of hydrogen-bond acceptors (Lipinski definition) is 1. The van der Waals surface area contributed by atoms with E-state index in [0.29, 0.717) is 0 Å². The minimum Gasteiger partial charge on any atom is -0.461 e. The second-order valence-corrected chi connectivity index (χ2v) is 6.27. The van der Waals surface area contributed by atoms with Gasteiger partial charge in [-0.25, -0.2) is 0 Å². The summed E-state index contributed by atoms with van der Waals surface area (Å²) in [5, 5.41) is 0. The molecule has 1 aromatic carbocycles. The fraction of sp³-hybridized carbons (Fsp3) is 0.500. The van der Waals surface area contributed by atoms with Crippen LogP contribution in [0.3, 0.4) is 0 Å². The average Bonchev–Trinajstić information content (AvgIpc) is 2.79. The molecule has 0 N–H and O–H groups in total. The van der Waals surface area contributed by atoms with Crippen molar-refractivity contribution >= 4 is 0 Å². The van der Waals surface area contributed by atoms with Crippen LogP contribution in [0.4, 0.5) is 0 Å². The van der Waals surface area contributed by atoms with E-state index in [1.54, 1.807) is 0 Å². The number of hydrogen-bond donors (Lipinski definition) is 0. The van der Waals surface area contributed by atoms with E-state index in [9.17, 15) is 0 Å². The maximum absolute atomic E-state index is 6.11. The Kier molecular flexibility index (Phi) is 4.80. The molecule has 0 fully saturated rings. The third-order valence-electron chi connectivity index (χ3n) is 4.55. The molecule has 1 aliphatic carbocycles. The molecule has 0 atom stereocenters. The van der Waals surface area contributed by atoms with Crippen molar-refractivity contribution in [3.63, 3.8) is 0 Å². The molecule has 0 saturated carbocycles. The molecule has 112 valence electrons. The Hall–Kier alpha value is -1.50. The molecule has 0 spiro atoms. The van der Waals surface area contributed by atoms with Gasteiger partial charge in [0.2, 0.25) is 0 Å². The maximum Gasteiger partial charge on any atom is 0.134 e. The fourth-order valence-corrected chi connectivity index (χ4v) is 3.22. The summed E-state index contributed by atoms with van der Waals surface area (Å²) in [7, 11) is 0. The smallest absolute Gasteiger partial charge is 0.134 e. The van der Waals surface area contributed by atoms with Gasteiger partial charge in [0.1, 0.15) is 11.5 Å². The SMILES string of the molecule is CCCCCc1ccc(-c2cc3c(o2)CCCCC3)cc1. The normalized spacial score (nSPS) is 14.7. The van der Waals surface area contributed by atoms with Crippen LogP contribution in [0.5, 0.6) is 0 Å². The molecule has 0 bridgehead atoms. The highest BCUT2D eigenvalue weighted by Gasteiger charge is 2.14. The first-order chi connectivity index (χ1) is 10.4. The molecule has 1 heteroatoms. The average molecular weight is 282 g/mol. The van der Waals surface area contributed by atoms with Crippen molar-refractivity contribution in [3.05, 3.63) is 47.2 Å². The number of aryl methyl sites for hydroxylation is 3. The zero-order valence-electron chi connectivity index (χ0n) is 13.2. The van der Waals surface area contributed by atoms with Crippen molar-refractivity contribution in [1.82, 2.24) is 0 Å². The van der Waals surface area contributed by atoms with E-state index >= 15 is 0 Å². The van der Waals surface area contributed by atoms with Gasteiger partial charge < -0.3 is 4.42 Å². The van der Waals surface area contributed by atoms with E-state index in [0.717, 1.165) is 12.2 Å². The molecule has 0 amide bonds. The predicted molar refractivity (Wildman–Crippen MR) is 88.6 cm³/mol. The lowest BCUT2D eigenvalue weighted by Gasteiger charge is -2.02. The molecular formula is C20H26O. The summed E-state index contributed by atoms with van der Waals surface area (Å²) in [6.07, 6.45) is 11.3. The van der Waals surface area contributed by atoms with Gasteiger partial charge in [0.15, 0.2) is 0 Å². The van der Waals surface area contributed by atoms with Crippen molar-refractivity contribution in [1.29, 1.82) is 0 Å². The van der Waals surface area contributed by atoms with E-state index in [4.69, 9.17) is 4.42 Å². The van der Waals surface area contributed by atoms with Crippen molar-refractivity contribution in [2.24, 2.45) is 0 Å². The van der Waals surface area contributed by atoms with Gasteiger partial charge in [-0.1, -0.05) is 50.5 Å². The molecule has 21 heavy (non-hydrogen) atoms. The minimum atomic E-state index is 1.06. The van der Waals surface area contributed by atoms with E-state index in [-0.39, 0.29) is 0 Å². The molecule has 3 rings (SSSR count). The topological polar surface area (TPSA) is 13.1 Å². The minimum absolute atomic E-state index is 1.06. The Morgan fingerprint density at radius 2 is 1.76 bits per heavy atom. The van der Waals surface area contributed by atoms with Gasteiger partial charge in [-0.3, -0.25) is 0 Å². The van der Waals surface area contributed by atoms with Crippen LogP contribution in [0.1, 0.15) is 62.3 Å².